The molecule has 7 heteroatoms. The highest BCUT2D eigenvalue weighted by atomic mass is 16.5. The lowest BCUT2D eigenvalue weighted by molar-refractivity contribution is 0.0601. The Labute approximate surface area is 98.8 Å². The van der Waals surface area contributed by atoms with E-state index in [-0.39, 0.29) is 5.84 Å². The standard InChI is InChI=1S/C10H15N5O2/c1-15(13)14-9(12)7-5-6(10(16)17-2)3-4-8(7)11/h3-5H,11,13H2,1-2H3,(H2,12,14). The molecule has 0 aliphatic heterocycles. The monoisotopic (exact) mass is 237 g/mol. The summed E-state index contributed by atoms with van der Waals surface area (Å²) in [5.74, 6) is 4.99. The van der Waals surface area contributed by atoms with E-state index in [0.717, 1.165) is 5.12 Å². The number of rotatable bonds is 3. The maximum Gasteiger partial charge on any atom is 0.337 e. The van der Waals surface area contributed by atoms with Crippen LogP contribution in [0.2, 0.25) is 0 Å². The SMILES string of the molecule is COC(=O)c1ccc(N)c(/C(N)=N/N(C)N)c1. The number of hydrogen-bond donors (Lipinski definition) is 3. The van der Waals surface area contributed by atoms with Gasteiger partial charge in [-0.05, 0) is 18.2 Å². The molecule has 7 nitrogen and oxygen atoms in total. The Morgan fingerprint density at radius 1 is 1.47 bits per heavy atom. The molecule has 1 aromatic rings. The van der Waals surface area contributed by atoms with Gasteiger partial charge < -0.3 is 16.2 Å². The Bertz CT molecular complexity index is 456. The van der Waals surface area contributed by atoms with Crippen LogP contribution in [0.15, 0.2) is 23.3 Å². The normalized spacial score (nSPS) is 11.1. The summed E-state index contributed by atoms with van der Waals surface area (Å²) in [4.78, 5) is 11.3. The molecule has 92 valence electrons. The molecule has 0 saturated carbocycles. The second-order valence-electron chi connectivity index (χ2n) is 3.35. The quantitative estimate of drug-likeness (QED) is 0.162. The van der Waals surface area contributed by atoms with Gasteiger partial charge in [-0.1, -0.05) is 0 Å². The van der Waals surface area contributed by atoms with E-state index < -0.39 is 5.97 Å². The molecule has 0 spiro atoms. The number of ether oxygens (including phenoxy) is 1. The van der Waals surface area contributed by atoms with E-state index in [0.29, 0.717) is 16.8 Å². The fraction of sp³-hybridized carbons (Fsp3) is 0.200. The molecule has 17 heavy (non-hydrogen) atoms. The van der Waals surface area contributed by atoms with Crippen molar-refractivity contribution in [2.75, 3.05) is 19.9 Å². The third-order valence-corrected chi connectivity index (χ3v) is 2.02. The van der Waals surface area contributed by atoms with Crippen LogP contribution in [0, 0.1) is 0 Å². The van der Waals surface area contributed by atoms with Crippen molar-refractivity contribution in [3.63, 3.8) is 0 Å². The van der Waals surface area contributed by atoms with Crippen LogP contribution in [0.3, 0.4) is 0 Å². The second-order valence-corrected chi connectivity index (χ2v) is 3.35. The van der Waals surface area contributed by atoms with Crippen LogP contribution in [0.25, 0.3) is 0 Å². The zero-order chi connectivity index (χ0) is 13.0. The van der Waals surface area contributed by atoms with E-state index in [1.165, 1.54) is 20.2 Å². The van der Waals surface area contributed by atoms with Crippen LogP contribution in [0.1, 0.15) is 15.9 Å². The average molecular weight is 237 g/mol. The molecule has 0 amide bonds. The topological polar surface area (TPSA) is 120 Å². The largest absolute Gasteiger partial charge is 0.465 e. The molecular formula is C10H15N5O2. The first-order valence-electron chi connectivity index (χ1n) is 4.76. The highest BCUT2D eigenvalue weighted by Gasteiger charge is 2.11. The number of hydrazine groups is 1. The predicted molar refractivity (Wildman–Crippen MR) is 64.9 cm³/mol. The van der Waals surface area contributed by atoms with Gasteiger partial charge >= 0.3 is 5.97 Å². The molecule has 0 aliphatic rings. The molecule has 0 fully saturated rings. The molecule has 0 bridgehead atoms. The fourth-order valence-electron chi connectivity index (χ4n) is 1.25. The highest BCUT2D eigenvalue weighted by Crippen LogP contribution is 2.14. The van der Waals surface area contributed by atoms with Gasteiger partial charge in [-0.3, -0.25) is 0 Å². The number of nitrogens with zero attached hydrogens (tertiary/aromatic N) is 2. The lowest BCUT2D eigenvalue weighted by Crippen LogP contribution is -2.26. The van der Waals surface area contributed by atoms with E-state index in [1.807, 2.05) is 0 Å². The molecule has 0 aliphatic carbocycles. The van der Waals surface area contributed by atoms with E-state index in [4.69, 9.17) is 17.3 Å². The van der Waals surface area contributed by atoms with Crippen molar-refractivity contribution in [3.05, 3.63) is 29.3 Å². The molecule has 6 N–H and O–H groups in total. The molecule has 0 aromatic heterocycles. The first kappa shape index (κ1) is 12.8. The molecule has 0 unspecified atom stereocenters. The summed E-state index contributed by atoms with van der Waals surface area (Å²) in [6.45, 7) is 0. The number of nitrogen functional groups attached to an aromatic ring is 1. The van der Waals surface area contributed by atoms with Crippen molar-refractivity contribution in [1.82, 2.24) is 5.12 Å². The van der Waals surface area contributed by atoms with Gasteiger partial charge in [0.2, 0.25) is 0 Å². The van der Waals surface area contributed by atoms with E-state index in [1.54, 1.807) is 12.1 Å². The van der Waals surface area contributed by atoms with Gasteiger partial charge in [-0.2, -0.15) is 0 Å². The van der Waals surface area contributed by atoms with E-state index in [2.05, 4.69) is 9.84 Å². The maximum atomic E-state index is 11.3. The number of carbonyl (C=O) groups excluding carboxylic acids is 1. The Kier molecular flexibility index (Phi) is 3.89. The lowest BCUT2D eigenvalue weighted by atomic mass is 10.1. The Balaban J connectivity index is 3.19. The summed E-state index contributed by atoms with van der Waals surface area (Å²) < 4.78 is 4.60. The first-order valence-corrected chi connectivity index (χ1v) is 4.76. The molecule has 1 aromatic carbocycles. The van der Waals surface area contributed by atoms with E-state index in [9.17, 15) is 4.79 Å². The van der Waals surface area contributed by atoms with Crippen LogP contribution in [0.4, 0.5) is 5.69 Å². The number of hydrogen-bond acceptors (Lipinski definition) is 6. The minimum atomic E-state index is -0.472. The van der Waals surface area contributed by atoms with Crippen LogP contribution < -0.4 is 17.3 Å². The van der Waals surface area contributed by atoms with Gasteiger partial charge in [-0.25, -0.2) is 15.8 Å². The van der Waals surface area contributed by atoms with Crippen LogP contribution in [-0.4, -0.2) is 31.1 Å². The summed E-state index contributed by atoms with van der Waals surface area (Å²) in [6, 6.07) is 4.61. The maximum absolute atomic E-state index is 11.3. The molecule has 0 saturated heterocycles. The Morgan fingerprint density at radius 2 is 2.12 bits per heavy atom. The Hall–Kier alpha value is -2.28. The average Bonchev–Trinajstić information content (AvgIpc) is 2.27. The number of hydrazone groups is 1. The number of nitrogens with two attached hydrogens (primary N) is 3. The Morgan fingerprint density at radius 3 is 2.65 bits per heavy atom. The zero-order valence-electron chi connectivity index (χ0n) is 9.68. The summed E-state index contributed by atoms with van der Waals surface area (Å²) in [5.41, 5.74) is 12.6. The van der Waals surface area contributed by atoms with Crippen molar-refractivity contribution in [2.45, 2.75) is 0 Å². The van der Waals surface area contributed by atoms with Gasteiger partial charge in [0.1, 0.15) is 0 Å². The smallest absolute Gasteiger partial charge is 0.337 e. The van der Waals surface area contributed by atoms with Gasteiger partial charge in [0, 0.05) is 18.3 Å². The van der Waals surface area contributed by atoms with Gasteiger partial charge in [0.15, 0.2) is 5.84 Å². The number of anilines is 1. The summed E-state index contributed by atoms with van der Waals surface area (Å²) in [6.07, 6.45) is 0. The zero-order valence-corrected chi connectivity index (χ0v) is 9.68. The molecule has 0 heterocycles. The number of carbonyl (C=O) groups is 1. The number of methoxy groups -OCH3 is 1. The van der Waals surface area contributed by atoms with Crippen LogP contribution in [-0.2, 0) is 4.74 Å². The predicted octanol–water partition coefficient (Wildman–Crippen LogP) is -0.519. The minimum absolute atomic E-state index is 0.123. The number of amidine groups is 1. The van der Waals surface area contributed by atoms with Crippen LogP contribution in [0.5, 0.6) is 0 Å². The van der Waals surface area contributed by atoms with Crippen LogP contribution >= 0.6 is 0 Å². The van der Waals surface area contributed by atoms with Gasteiger partial charge in [0.05, 0.1) is 12.7 Å². The summed E-state index contributed by atoms with van der Waals surface area (Å²) in [5, 5.41) is 4.86. The molecule has 0 radical (unpaired) electrons. The third-order valence-electron chi connectivity index (χ3n) is 2.02. The number of benzene rings is 1. The van der Waals surface area contributed by atoms with Crippen molar-refractivity contribution >= 4 is 17.5 Å². The van der Waals surface area contributed by atoms with Crippen molar-refractivity contribution in [2.24, 2.45) is 16.7 Å². The summed E-state index contributed by atoms with van der Waals surface area (Å²) >= 11 is 0. The lowest BCUT2D eigenvalue weighted by Gasteiger charge is -2.10. The second kappa shape index (κ2) is 5.17. The van der Waals surface area contributed by atoms with Crippen molar-refractivity contribution < 1.29 is 9.53 Å². The molecule has 1 rings (SSSR count). The fourth-order valence-corrected chi connectivity index (χ4v) is 1.25. The summed E-state index contributed by atoms with van der Waals surface area (Å²) in [7, 11) is 2.82. The third kappa shape index (κ3) is 3.08. The molecular weight excluding hydrogens is 222 g/mol. The van der Waals surface area contributed by atoms with Crippen molar-refractivity contribution in [3.8, 4) is 0 Å². The van der Waals surface area contributed by atoms with Gasteiger partial charge in [-0.15, -0.1) is 5.10 Å². The highest BCUT2D eigenvalue weighted by molar-refractivity contribution is 6.04. The van der Waals surface area contributed by atoms with Crippen molar-refractivity contribution in [1.29, 1.82) is 0 Å². The molecule has 0 atom stereocenters. The van der Waals surface area contributed by atoms with Gasteiger partial charge in [0.25, 0.3) is 0 Å². The minimum Gasteiger partial charge on any atom is -0.465 e. The number of esters is 1. The van der Waals surface area contributed by atoms with E-state index >= 15 is 0 Å². The first-order chi connectivity index (χ1) is 7.95.